The zero-order chi connectivity index (χ0) is 18.5. The molecule has 0 bridgehead atoms. The molecule has 0 fully saturated rings. The summed E-state index contributed by atoms with van der Waals surface area (Å²) in [4.78, 5) is 0. The molecular formula is C25H22OP+. The van der Waals surface area contributed by atoms with Gasteiger partial charge in [-0.1, -0.05) is 66.7 Å². The number of benzene rings is 4. The molecule has 0 aliphatic rings. The fourth-order valence-electron chi connectivity index (χ4n) is 3.70. The first-order valence-corrected chi connectivity index (χ1v) is 11.1. The van der Waals surface area contributed by atoms with Gasteiger partial charge in [0, 0.05) is 0 Å². The number of phenolic OH excluding ortho intramolecular Hbond substituents is 1. The van der Waals surface area contributed by atoms with Crippen LogP contribution in [0.25, 0.3) is 0 Å². The molecule has 0 heterocycles. The maximum Gasteiger partial charge on any atom is 0.116 e. The van der Waals surface area contributed by atoms with Gasteiger partial charge in [-0.15, -0.1) is 0 Å². The van der Waals surface area contributed by atoms with Crippen LogP contribution in [0.4, 0.5) is 0 Å². The van der Waals surface area contributed by atoms with Crippen molar-refractivity contribution in [1.82, 2.24) is 0 Å². The van der Waals surface area contributed by atoms with Gasteiger partial charge in [0.15, 0.2) is 0 Å². The molecule has 0 aromatic heterocycles. The van der Waals surface area contributed by atoms with E-state index in [1.165, 1.54) is 15.9 Å². The van der Waals surface area contributed by atoms with Crippen LogP contribution in [0.5, 0.6) is 5.75 Å². The largest absolute Gasteiger partial charge is 0.508 e. The van der Waals surface area contributed by atoms with Crippen LogP contribution in [-0.2, 0) is 6.16 Å². The second-order valence-electron chi connectivity index (χ2n) is 6.64. The van der Waals surface area contributed by atoms with E-state index in [4.69, 9.17) is 0 Å². The van der Waals surface area contributed by atoms with E-state index in [1.54, 1.807) is 6.07 Å². The summed E-state index contributed by atoms with van der Waals surface area (Å²) in [5.41, 5.74) is 1.15. The summed E-state index contributed by atoms with van der Waals surface area (Å²) < 4.78 is 0. The van der Waals surface area contributed by atoms with Crippen molar-refractivity contribution in [2.24, 2.45) is 0 Å². The van der Waals surface area contributed by atoms with Crippen LogP contribution in [0.15, 0.2) is 115 Å². The Morgan fingerprint density at radius 2 is 0.963 bits per heavy atom. The normalized spacial score (nSPS) is 11.3. The molecule has 4 rings (SSSR count). The van der Waals surface area contributed by atoms with Gasteiger partial charge < -0.3 is 5.11 Å². The zero-order valence-corrected chi connectivity index (χ0v) is 16.0. The predicted molar refractivity (Wildman–Crippen MR) is 117 cm³/mol. The minimum absolute atomic E-state index is 0.319. The topological polar surface area (TPSA) is 20.2 Å². The fourth-order valence-corrected chi connectivity index (χ4v) is 7.93. The number of hydrogen-bond donors (Lipinski definition) is 1. The molecule has 0 spiro atoms. The summed E-state index contributed by atoms with van der Waals surface area (Å²) in [7, 11) is -1.91. The van der Waals surface area contributed by atoms with E-state index in [0.717, 1.165) is 11.7 Å². The molecule has 0 aliphatic heterocycles. The van der Waals surface area contributed by atoms with Crippen molar-refractivity contribution in [3.05, 3.63) is 121 Å². The molecule has 0 atom stereocenters. The highest BCUT2D eigenvalue weighted by atomic mass is 31.2. The second-order valence-corrected chi connectivity index (χ2v) is 10.1. The van der Waals surface area contributed by atoms with Gasteiger partial charge in [-0.05, 0) is 54.1 Å². The lowest BCUT2D eigenvalue weighted by Gasteiger charge is -2.27. The summed E-state index contributed by atoms with van der Waals surface area (Å²) >= 11 is 0. The molecule has 0 unspecified atom stereocenters. The third-order valence-electron chi connectivity index (χ3n) is 4.92. The van der Waals surface area contributed by atoms with Crippen molar-refractivity contribution in [1.29, 1.82) is 0 Å². The molecular weight excluding hydrogens is 347 g/mol. The lowest BCUT2D eigenvalue weighted by molar-refractivity contribution is 0.475. The lowest BCUT2D eigenvalue weighted by atomic mass is 10.2. The van der Waals surface area contributed by atoms with Gasteiger partial charge >= 0.3 is 0 Å². The molecule has 0 aliphatic carbocycles. The van der Waals surface area contributed by atoms with Crippen molar-refractivity contribution in [2.45, 2.75) is 6.16 Å². The van der Waals surface area contributed by atoms with Crippen molar-refractivity contribution in [3.8, 4) is 5.75 Å². The Morgan fingerprint density at radius 1 is 0.519 bits per heavy atom. The molecule has 1 N–H and O–H groups in total. The first-order valence-electron chi connectivity index (χ1n) is 9.12. The van der Waals surface area contributed by atoms with Gasteiger partial charge in [0.05, 0.1) is 6.16 Å². The molecule has 0 amide bonds. The minimum Gasteiger partial charge on any atom is -0.508 e. The summed E-state index contributed by atoms with van der Waals surface area (Å²) in [5, 5.41) is 14.1. The van der Waals surface area contributed by atoms with Crippen molar-refractivity contribution < 1.29 is 5.11 Å². The van der Waals surface area contributed by atoms with Crippen LogP contribution >= 0.6 is 7.26 Å². The van der Waals surface area contributed by atoms with Crippen LogP contribution in [0.1, 0.15) is 5.56 Å². The highest BCUT2D eigenvalue weighted by Crippen LogP contribution is 2.58. The molecule has 1 nitrogen and oxygen atoms in total. The quantitative estimate of drug-likeness (QED) is 0.497. The molecule has 4 aromatic carbocycles. The maximum atomic E-state index is 10.0. The van der Waals surface area contributed by atoms with E-state index in [0.29, 0.717) is 5.75 Å². The summed E-state index contributed by atoms with van der Waals surface area (Å²) in [5.74, 6) is 0.319. The van der Waals surface area contributed by atoms with Gasteiger partial charge in [-0.25, -0.2) is 0 Å². The third kappa shape index (κ3) is 3.52. The molecule has 0 saturated carbocycles. The Morgan fingerprint density at radius 3 is 1.37 bits per heavy atom. The van der Waals surface area contributed by atoms with Crippen LogP contribution in [0.2, 0.25) is 0 Å². The Balaban J connectivity index is 2.00. The predicted octanol–water partition coefficient (Wildman–Crippen LogP) is 4.89. The Hall–Kier alpha value is -2.89. The number of phenols is 1. The second kappa shape index (κ2) is 7.78. The summed E-state index contributed by atoms with van der Waals surface area (Å²) in [6.45, 7) is 0. The van der Waals surface area contributed by atoms with Crippen LogP contribution in [0.3, 0.4) is 0 Å². The van der Waals surface area contributed by atoms with Crippen molar-refractivity contribution in [3.63, 3.8) is 0 Å². The van der Waals surface area contributed by atoms with Crippen molar-refractivity contribution in [2.75, 3.05) is 0 Å². The Kier molecular flexibility index (Phi) is 5.05. The van der Waals surface area contributed by atoms with Gasteiger partial charge in [0.25, 0.3) is 0 Å². The van der Waals surface area contributed by atoms with Gasteiger partial charge in [0.1, 0.15) is 28.9 Å². The van der Waals surface area contributed by atoms with Crippen molar-refractivity contribution >= 4 is 23.2 Å². The fraction of sp³-hybridized carbons (Fsp3) is 0.0400. The van der Waals surface area contributed by atoms with Crippen LogP contribution in [-0.4, -0.2) is 5.11 Å². The average molecular weight is 369 g/mol. The molecule has 0 radical (unpaired) electrons. The first kappa shape index (κ1) is 17.5. The minimum atomic E-state index is -1.91. The molecule has 27 heavy (non-hydrogen) atoms. The SMILES string of the molecule is Oc1cccc(C[P+](c2ccccc2)(c2ccccc2)c2ccccc2)c1. The van der Waals surface area contributed by atoms with E-state index in [1.807, 2.05) is 12.1 Å². The Bertz CT molecular complexity index is 901. The average Bonchev–Trinajstić information content (AvgIpc) is 2.74. The van der Waals surface area contributed by atoms with E-state index in [-0.39, 0.29) is 0 Å². The van der Waals surface area contributed by atoms with Gasteiger partial charge in [-0.3, -0.25) is 0 Å². The third-order valence-corrected chi connectivity index (χ3v) is 9.30. The maximum absolute atomic E-state index is 10.0. The highest BCUT2D eigenvalue weighted by molar-refractivity contribution is 7.95. The molecule has 0 saturated heterocycles. The Labute approximate surface area is 161 Å². The highest BCUT2D eigenvalue weighted by Gasteiger charge is 2.45. The van der Waals surface area contributed by atoms with E-state index in [9.17, 15) is 5.11 Å². The molecule has 4 aromatic rings. The number of rotatable bonds is 5. The summed E-state index contributed by atoms with van der Waals surface area (Å²) in [6.07, 6.45) is 0.874. The molecule has 132 valence electrons. The summed E-state index contributed by atoms with van der Waals surface area (Å²) in [6, 6.07) is 40.1. The van der Waals surface area contributed by atoms with Crippen LogP contribution in [0, 0.1) is 0 Å². The van der Waals surface area contributed by atoms with Gasteiger partial charge in [-0.2, -0.15) is 0 Å². The first-order chi connectivity index (χ1) is 13.3. The van der Waals surface area contributed by atoms with E-state index < -0.39 is 7.26 Å². The lowest BCUT2D eigenvalue weighted by Crippen LogP contribution is -2.32. The van der Waals surface area contributed by atoms with Crippen LogP contribution < -0.4 is 15.9 Å². The van der Waals surface area contributed by atoms with E-state index >= 15 is 0 Å². The van der Waals surface area contributed by atoms with E-state index in [2.05, 4.69) is 97.1 Å². The number of hydrogen-bond acceptors (Lipinski definition) is 1. The number of aromatic hydroxyl groups is 1. The standard InChI is InChI=1S/C25H21OP/c26-22-12-10-11-21(19-22)20-27(23-13-4-1-5-14-23,24-15-6-2-7-16-24)25-17-8-3-9-18-25/h1-19H,20H2/p+1. The molecule has 2 heteroatoms. The monoisotopic (exact) mass is 369 g/mol. The smallest absolute Gasteiger partial charge is 0.116 e. The van der Waals surface area contributed by atoms with Gasteiger partial charge in [0.2, 0.25) is 0 Å². The zero-order valence-electron chi connectivity index (χ0n) is 15.1.